The van der Waals surface area contributed by atoms with Crippen molar-refractivity contribution in [3.8, 4) is 0 Å². The number of ether oxygens (including phenoxy) is 1. The van der Waals surface area contributed by atoms with E-state index in [2.05, 4.69) is 20.2 Å². The van der Waals surface area contributed by atoms with Crippen molar-refractivity contribution in [2.75, 3.05) is 29.9 Å². The van der Waals surface area contributed by atoms with E-state index in [9.17, 15) is 4.79 Å². The summed E-state index contributed by atoms with van der Waals surface area (Å²) in [5.74, 6) is 1.19. The number of nitrogens with zero attached hydrogens (tertiary/aromatic N) is 3. The first kappa shape index (κ1) is 15.3. The SMILES string of the molecule is CCOC(=O)c1ccc(Nc2nccc(N3CCCC3)n2)cc1. The molecule has 0 atom stereocenters. The fourth-order valence-electron chi connectivity index (χ4n) is 2.56. The second-order valence-corrected chi connectivity index (χ2v) is 5.36. The minimum absolute atomic E-state index is 0.314. The lowest BCUT2D eigenvalue weighted by molar-refractivity contribution is 0.0526. The first-order valence-corrected chi connectivity index (χ1v) is 7.88. The van der Waals surface area contributed by atoms with Crippen LogP contribution in [0.25, 0.3) is 0 Å². The summed E-state index contributed by atoms with van der Waals surface area (Å²) in [5, 5.41) is 3.16. The number of carbonyl (C=O) groups excluding carboxylic acids is 1. The predicted molar refractivity (Wildman–Crippen MR) is 89.2 cm³/mol. The smallest absolute Gasteiger partial charge is 0.338 e. The molecule has 1 aliphatic heterocycles. The molecule has 0 aliphatic carbocycles. The third kappa shape index (κ3) is 3.77. The average molecular weight is 312 g/mol. The summed E-state index contributed by atoms with van der Waals surface area (Å²) in [4.78, 5) is 22.7. The van der Waals surface area contributed by atoms with Crippen LogP contribution >= 0.6 is 0 Å². The van der Waals surface area contributed by atoms with E-state index in [0.717, 1.165) is 24.6 Å². The van der Waals surface area contributed by atoms with Crippen molar-refractivity contribution in [3.63, 3.8) is 0 Å². The Labute approximate surface area is 135 Å². The molecule has 2 heterocycles. The largest absolute Gasteiger partial charge is 0.462 e. The first-order valence-electron chi connectivity index (χ1n) is 7.88. The van der Waals surface area contributed by atoms with E-state index in [4.69, 9.17) is 4.74 Å². The molecule has 0 spiro atoms. The Balaban J connectivity index is 1.69. The van der Waals surface area contributed by atoms with Gasteiger partial charge in [-0.15, -0.1) is 0 Å². The van der Waals surface area contributed by atoms with Crippen LogP contribution in [0.2, 0.25) is 0 Å². The summed E-state index contributed by atoms with van der Waals surface area (Å²) in [7, 11) is 0. The quantitative estimate of drug-likeness (QED) is 0.856. The predicted octanol–water partition coefficient (Wildman–Crippen LogP) is 3.00. The third-order valence-electron chi connectivity index (χ3n) is 3.72. The van der Waals surface area contributed by atoms with Crippen LogP contribution in [0.4, 0.5) is 17.5 Å². The molecule has 120 valence electrons. The summed E-state index contributed by atoms with van der Waals surface area (Å²) in [6, 6.07) is 9.02. The number of nitrogens with one attached hydrogen (secondary N) is 1. The molecule has 3 rings (SSSR count). The van der Waals surface area contributed by atoms with Crippen molar-refractivity contribution in [3.05, 3.63) is 42.1 Å². The molecule has 0 amide bonds. The maximum atomic E-state index is 11.6. The number of rotatable bonds is 5. The third-order valence-corrected chi connectivity index (χ3v) is 3.72. The molecular weight excluding hydrogens is 292 g/mol. The molecule has 1 saturated heterocycles. The Morgan fingerprint density at radius 3 is 2.65 bits per heavy atom. The zero-order chi connectivity index (χ0) is 16.1. The van der Waals surface area contributed by atoms with E-state index in [1.54, 1.807) is 25.3 Å². The lowest BCUT2D eigenvalue weighted by Crippen LogP contribution is -2.19. The van der Waals surface area contributed by atoms with Gasteiger partial charge in [-0.1, -0.05) is 0 Å². The van der Waals surface area contributed by atoms with Gasteiger partial charge in [-0.05, 0) is 50.1 Å². The Hall–Kier alpha value is -2.63. The Bertz CT molecular complexity index is 667. The number of carbonyl (C=O) groups is 1. The minimum atomic E-state index is -0.314. The Morgan fingerprint density at radius 2 is 1.96 bits per heavy atom. The molecule has 1 aromatic heterocycles. The van der Waals surface area contributed by atoms with Gasteiger partial charge in [-0.25, -0.2) is 9.78 Å². The molecular formula is C17H20N4O2. The van der Waals surface area contributed by atoms with Crippen LogP contribution in [-0.2, 0) is 4.74 Å². The van der Waals surface area contributed by atoms with Gasteiger partial charge in [-0.2, -0.15) is 4.98 Å². The molecule has 0 unspecified atom stereocenters. The summed E-state index contributed by atoms with van der Waals surface area (Å²) in [6.45, 7) is 4.25. The Kier molecular flexibility index (Phi) is 4.71. The van der Waals surface area contributed by atoms with Gasteiger partial charge in [0.25, 0.3) is 0 Å². The number of aromatic nitrogens is 2. The minimum Gasteiger partial charge on any atom is -0.462 e. The molecule has 1 aromatic carbocycles. The van der Waals surface area contributed by atoms with Crippen LogP contribution < -0.4 is 10.2 Å². The van der Waals surface area contributed by atoms with Crippen molar-refractivity contribution in [2.24, 2.45) is 0 Å². The van der Waals surface area contributed by atoms with Crippen molar-refractivity contribution >= 4 is 23.4 Å². The van der Waals surface area contributed by atoms with Gasteiger partial charge in [0, 0.05) is 25.0 Å². The second kappa shape index (κ2) is 7.09. The summed E-state index contributed by atoms with van der Waals surface area (Å²) < 4.78 is 4.97. The highest BCUT2D eigenvalue weighted by Gasteiger charge is 2.14. The van der Waals surface area contributed by atoms with Crippen molar-refractivity contribution in [1.29, 1.82) is 0 Å². The molecule has 6 nitrogen and oxygen atoms in total. The van der Waals surface area contributed by atoms with E-state index >= 15 is 0 Å². The normalized spacial score (nSPS) is 13.9. The first-order chi connectivity index (χ1) is 11.3. The molecule has 1 N–H and O–H groups in total. The van der Waals surface area contributed by atoms with Gasteiger partial charge < -0.3 is 15.0 Å². The van der Waals surface area contributed by atoms with E-state index < -0.39 is 0 Å². The number of hydrogen-bond acceptors (Lipinski definition) is 6. The second-order valence-electron chi connectivity index (χ2n) is 5.36. The van der Waals surface area contributed by atoms with E-state index in [0.29, 0.717) is 18.1 Å². The van der Waals surface area contributed by atoms with E-state index in [1.165, 1.54) is 12.8 Å². The average Bonchev–Trinajstić information content (AvgIpc) is 3.11. The number of anilines is 3. The maximum absolute atomic E-state index is 11.6. The summed E-state index contributed by atoms with van der Waals surface area (Å²) in [6.07, 6.45) is 4.18. The van der Waals surface area contributed by atoms with Gasteiger partial charge in [0.1, 0.15) is 5.82 Å². The van der Waals surface area contributed by atoms with Crippen molar-refractivity contribution in [2.45, 2.75) is 19.8 Å². The van der Waals surface area contributed by atoms with Gasteiger partial charge in [0.05, 0.1) is 12.2 Å². The molecule has 23 heavy (non-hydrogen) atoms. The fraction of sp³-hybridized carbons (Fsp3) is 0.353. The van der Waals surface area contributed by atoms with Gasteiger partial charge >= 0.3 is 5.97 Å². The number of hydrogen-bond donors (Lipinski definition) is 1. The fourth-order valence-corrected chi connectivity index (χ4v) is 2.56. The maximum Gasteiger partial charge on any atom is 0.338 e. The standard InChI is InChI=1S/C17H20N4O2/c1-2-23-16(22)13-5-7-14(8-6-13)19-17-18-10-9-15(20-17)21-11-3-4-12-21/h5-10H,2-4,11-12H2,1H3,(H,18,19,20). The highest BCUT2D eigenvalue weighted by molar-refractivity contribution is 5.89. The highest BCUT2D eigenvalue weighted by Crippen LogP contribution is 2.20. The van der Waals surface area contributed by atoms with E-state index in [-0.39, 0.29) is 5.97 Å². The topological polar surface area (TPSA) is 67.3 Å². The lowest BCUT2D eigenvalue weighted by atomic mass is 10.2. The van der Waals surface area contributed by atoms with Crippen LogP contribution in [0.3, 0.4) is 0 Å². The zero-order valence-electron chi connectivity index (χ0n) is 13.2. The lowest BCUT2D eigenvalue weighted by Gasteiger charge is -2.16. The summed E-state index contributed by atoms with van der Waals surface area (Å²) in [5.41, 5.74) is 1.36. The van der Waals surface area contributed by atoms with E-state index in [1.807, 2.05) is 18.2 Å². The molecule has 0 bridgehead atoms. The van der Waals surface area contributed by atoms with Crippen LogP contribution in [-0.4, -0.2) is 35.6 Å². The van der Waals surface area contributed by atoms with Gasteiger partial charge in [-0.3, -0.25) is 0 Å². The van der Waals surface area contributed by atoms with Crippen LogP contribution in [0, 0.1) is 0 Å². The van der Waals surface area contributed by atoms with Crippen LogP contribution in [0.1, 0.15) is 30.1 Å². The van der Waals surface area contributed by atoms with Gasteiger partial charge in [0.2, 0.25) is 5.95 Å². The van der Waals surface area contributed by atoms with Crippen molar-refractivity contribution < 1.29 is 9.53 Å². The number of esters is 1. The molecule has 6 heteroatoms. The highest BCUT2D eigenvalue weighted by atomic mass is 16.5. The Morgan fingerprint density at radius 1 is 1.22 bits per heavy atom. The molecule has 1 aliphatic rings. The monoisotopic (exact) mass is 312 g/mol. The molecule has 0 saturated carbocycles. The van der Waals surface area contributed by atoms with Crippen molar-refractivity contribution in [1.82, 2.24) is 9.97 Å². The molecule has 0 radical (unpaired) electrons. The molecule has 2 aromatic rings. The van der Waals surface area contributed by atoms with Crippen LogP contribution in [0.15, 0.2) is 36.5 Å². The van der Waals surface area contributed by atoms with Gasteiger partial charge in [0.15, 0.2) is 0 Å². The van der Waals surface area contributed by atoms with Crippen LogP contribution in [0.5, 0.6) is 0 Å². The molecule has 1 fully saturated rings. The summed E-state index contributed by atoms with van der Waals surface area (Å²) >= 11 is 0. The number of benzene rings is 1. The zero-order valence-corrected chi connectivity index (χ0v) is 13.2.